The van der Waals surface area contributed by atoms with Gasteiger partial charge in [0.15, 0.2) is 6.10 Å². The van der Waals surface area contributed by atoms with Crippen molar-refractivity contribution in [3.05, 3.63) is 24.3 Å². The summed E-state index contributed by atoms with van der Waals surface area (Å²) in [5, 5.41) is 0. The minimum absolute atomic E-state index is 0.0629. The van der Waals surface area contributed by atoms with E-state index in [-0.39, 0.29) is 31.1 Å². The maximum Gasteiger partial charge on any atom is 0.306 e. The lowest BCUT2D eigenvalue weighted by molar-refractivity contribution is -0.167. The van der Waals surface area contributed by atoms with Crippen molar-refractivity contribution in [2.45, 2.75) is 438 Å². The van der Waals surface area contributed by atoms with Crippen molar-refractivity contribution in [3.63, 3.8) is 0 Å². The van der Waals surface area contributed by atoms with Crippen LogP contribution in [0.4, 0.5) is 0 Å². The summed E-state index contributed by atoms with van der Waals surface area (Å²) < 4.78 is 17.0. The molecule has 0 saturated carbocycles. The maximum absolute atomic E-state index is 13.0. The van der Waals surface area contributed by atoms with Gasteiger partial charge in [-0.15, -0.1) is 0 Å². The number of hydrogen-bond acceptors (Lipinski definition) is 6. The number of carbonyl (C=O) groups is 3. The van der Waals surface area contributed by atoms with Crippen molar-refractivity contribution in [2.24, 2.45) is 0 Å². The van der Waals surface area contributed by atoms with Crippen LogP contribution in [0.5, 0.6) is 0 Å². The summed E-state index contributed by atoms with van der Waals surface area (Å²) in [6.45, 7) is 6.73. The first-order valence-corrected chi connectivity index (χ1v) is 37.8. The summed E-state index contributed by atoms with van der Waals surface area (Å²) in [6, 6.07) is 0. The smallest absolute Gasteiger partial charge is 0.306 e. The Morgan fingerprint density at radius 2 is 0.434 bits per heavy atom. The highest BCUT2D eigenvalue weighted by Crippen LogP contribution is 2.19. The molecule has 0 aliphatic carbocycles. The molecule has 0 spiro atoms. The highest BCUT2D eigenvalue weighted by molar-refractivity contribution is 5.71. The first-order chi connectivity index (χ1) is 41.0. The van der Waals surface area contributed by atoms with Gasteiger partial charge >= 0.3 is 17.9 Å². The zero-order valence-electron chi connectivity index (χ0n) is 56.5. The summed E-state index contributed by atoms with van der Waals surface area (Å²) in [5.74, 6) is -0.824. The minimum atomic E-state index is -0.767. The fourth-order valence-electron chi connectivity index (χ4n) is 11.8. The third kappa shape index (κ3) is 70.5. The Hall–Kier alpha value is -2.11. The molecule has 0 radical (unpaired) electrons. The van der Waals surface area contributed by atoms with E-state index in [4.69, 9.17) is 14.2 Å². The first kappa shape index (κ1) is 80.9. The van der Waals surface area contributed by atoms with E-state index >= 15 is 0 Å². The van der Waals surface area contributed by atoms with Crippen molar-refractivity contribution in [2.75, 3.05) is 13.2 Å². The molecule has 490 valence electrons. The summed E-state index contributed by atoms with van der Waals surface area (Å²) in [7, 11) is 0. The topological polar surface area (TPSA) is 78.9 Å². The van der Waals surface area contributed by atoms with Crippen LogP contribution < -0.4 is 0 Å². The van der Waals surface area contributed by atoms with Crippen LogP contribution in [-0.2, 0) is 28.6 Å². The molecule has 1 atom stereocenters. The van der Waals surface area contributed by atoms with E-state index in [1.54, 1.807) is 0 Å². The van der Waals surface area contributed by atoms with E-state index in [2.05, 4.69) is 45.1 Å². The molecule has 0 N–H and O–H groups in total. The molecule has 0 aromatic rings. The van der Waals surface area contributed by atoms with Crippen LogP contribution in [-0.4, -0.2) is 37.2 Å². The second kappa shape index (κ2) is 72.4. The fourth-order valence-corrected chi connectivity index (χ4v) is 11.8. The molecule has 0 bridgehead atoms. The van der Waals surface area contributed by atoms with Gasteiger partial charge in [-0.25, -0.2) is 0 Å². The van der Waals surface area contributed by atoms with E-state index in [1.807, 2.05) is 0 Å². The molecule has 0 aliphatic rings. The first-order valence-electron chi connectivity index (χ1n) is 37.8. The zero-order valence-corrected chi connectivity index (χ0v) is 56.5. The molecular formula is C77H146O6. The van der Waals surface area contributed by atoms with Crippen molar-refractivity contribution in [1.82, 2.24) is 0 Å². The van der Waals surface area contributed by atoms with Crippen LogP contribution in [0.25, 0.3) is 0 Å². The van der Waals surface area contributed by atoms with Gasteiger partial charge in [0.2, 0.25) is 0 Å². The molecule has 0 saturated heterocycles. The highest BCUT2D eigenvalue weighted by Gasteiger charge is 2.20. The van der Waals surface area contributed by atoms with Gasteiger partial charge < -0.3 is 14.2 Å². The molecule has 1 unspecified atom stereocenters. The molecule has 83 heavy (non-hydrogen) atoms. The molecule has 0 heterocycles. The van der Waals surface area contributed by atoms with E-state index in [1.165, 1.54) is 327 Å². The molecule has 6 heteroatoms. The lowest BCUT2D eigenvalue weighted by Crippen LogP contribution is -2.30. The van der Waals surface area contributed by atoms with Crippen LogP contribution in [0, 0.1) is 0 Å². The monoisotopic (exact) mass is 1170 g/mol. The Morgan fingerprint density at radius 3 is 0.663 bits per heavy atom. The van der Waals surface area contributed by atoms with Gasteiger partial charge in [-0.3, -0.25) is 14.4 Å². The van der Waals surface area contributed by atoms with Crippen LogP contribution >= 0.6 is 0 Å². The predicted octanol–water partition coefficient (Wildman–Crippen LogP) is 26.1. The van der Waals surface area contributed by atoms with Gasteiger partial charge in [-0.2, -0.15) is 0 Å². The zero-order chi connectivity index (χ0) is 59.9. The number of ether oxygens (including phenoxy) is 3. The average molecular weight is 1170 g/mol. The maximum atomic E-state index is 13.0. The van der Waals surface area contributed by atoms with Crippen molar-refractivity contribution in [3.8, 4) is 0 Å². The van der Waals surface area contributed by atoms with Crippen LogP contribution in [0.15, 0.2) is 24.3 Å². The van der Waals surface area contributed by atoms with Crippen LogP contribution in [0.1, 0.15) is 432 Å². The lowest BCUT2D eigenvalue weighted by Gasteiger charge is -2.18. The number of hydrogen-bond donors (Lipinski definition) is 0. The molecule has 0 aliphatic heterocycles. The summed E-state index contributed by atoms with van der Waals surface area (Å²) >= 11 is 0. The van der Waals surface area contributed by atoms with Crippen molar-refractivity contribution in [1.29, 1.82) is 0 Å². The third-order valence-corrected chi connectivity index (χ3v) is 17.5. The molecule has 0 amide bonds. The second-order valence-corrected chi connectivity index (χ2v) is 25.9. The van der Waals surface area contributed by atoms with Crippen molar-refractivity contribution < 1.29 is 28.6 Å². The van der Waals surface area contributed by atoms with Gasteiger partial charge in [0.1, 0.15) is 13.2 Å². The Bertz CT molecular complexity index is 1340. The number of carbonyl (C=O) groups excluding carboxylic acids is 3. The number of rotatable bonds is 71. The summed E-state index contributed by atoms with van der Waals surface area (Å²) in [5.41, 5.74) is 0. The molecule has 6 nitrogen and oxygen atoms in total. The van der Waals surface area contributed by atoms with Gasteiger partial charge in [-0.1, -0.05) is 385 Å². The Balaban J connectivity index is 4.18. The lowest BCUT2D eigenvalue weighted by atomic mass is 10.0. The quantitative estimate of drug-likeness (QED) is 0.0261. The number of esters is 3. The average Bonchev–Trinajstić information content (AvgIpc) is 3.49. The van der Waals surface area contributed by atoms with Gasteiger partial charge in [0, 0.05) is 19.3 Å². The molecule has 0 fully saturated rings. The standard InChI is InChI=1S/C77H146O6/c1-4-7-10-13-16-19-22-25-28-30-32-34-36-37-38-39-40-41-42-44-45-47-49-52-55-58-61-64-67-70-76(79)82-73-74(72-81-75(78)69-66-63-60-57-54-51-27-24-21-18-15-12-9-6-3)83-77(80)71-68-65-62-59-56-53-50-48-46-43-35-33-31-29-26-23-20-17-14-11-8-5-2/h22,25,30,32,74H,4-21,23-24,26-29,31,33-73H2,1-3H3/b25-22-,32-30-. The van der Waals surface area contributed by atoms with Crippen LogP contribution in [0.3, 0.4) is 0 Å². The van der Waals surface area contributed by atoms with Gasteiger partial charge in [-0.05, 0) is 51.4 Å². The third-order valence-electron chi connectivity index (χ3n) is 17.5. The van der Waals surface area contributed by atoms with Gasteiger partial charge in [0.25, 0.3) is 0 Å². The Kier molecular flexibility index (Phi) is 70.5. The van der Waals surface area contributed by atoms with E-state index in [0.717, 1.165) is 64.2 Å². The fraction of sp³-hybridized carbons (Fsp3) is 0.909. The molecule has 0 rings (SSSR count). The summed E-state index contributed by atoms with van der Waals surface area (Å²) in [6.07, 6.45) is 89.4. The minimum Gasteiger partial charge on any atom is -0.462 e. The number of unbranched alkanes of at least 4 members (excludes halogenated alkanes) is 56. The van der Waals surface area contributed by atoms with E-state index in [9.17, 15) is 14.4 Å². The van der Waals surface area contributed by atoms with E-state index < -0.39 is 6.10 Å². The number of allylic oxidation sites excluding steroid dienone is 4. The van der Waals surface area contributed by atoms with Crippen LogP contribution in [0.2, 0.25) is 0 Å². The van der Waals surface area contributed by atoms with E-state index in [0.29, 0.717) is 19.3 Å². The normalized spacial score (nSPS) is 12.1. The van der Waals surface area contributed by atoms with Crippen molar-refractivity contribution >= 4 is 17.9 Å². The Labute approximate surface area is 519 Å². The Morgan fingerprint density at radius 1 is 0.241 bits per heavy atom. The molecular weight excluding hydrogens is 1020 g/mol. The predicted molar refractivity (Wildman–Crippen MR) is 363 cm³/mol. The molecule has 0 aromatic heterocycles. The summed E-state index contributed by atoms with van der Waals surface area (Å²) in [4.78, 5) is 38.5. The largest absolute Gasteiger partial charge is 0.462 e. The highest BCUT2D eigenvalue weighted by atomic mass is 16.6. The second-order valence-electron chi connectivity index (χ2n) is 25.9. The molecule has 0 aromatic carbocycles. The van der Waals surface area contributed by atoms with Gasteiger partial charge in [0.05, 0.1) is 0 Å². The SMILES string of the molecule is CCCCCCC/C=C\C/C=C\CCCCCCCCCCCCCCCCCCCC(=O)OCC(COC(=O)CCCCCCCCCCCCCCCC)OC(=O)CCCCCCCCCCCCCCCCCCCCCCCC.